The van der Waals surface area contributed by atoms with Crippen molar-refractivity contribution in [3.8, 4) is 6.07 Å². The maximum atomic E-state index is 12.6. The first kappa shape index (κ1) is 18.5. The number of carbonyl (C=O) groups is 1. The molecule has 2 amide bonds. The first-order valence-corrected chi connectivity index (χ1v) is 9.55. The Kier molecular flexibility index (Phi) is 5.36. The maximum absolute atomic E-state index is 12.6. The van der Waals surface area contributed by atoms with Crippen molar-refractivity contribution < 1.29 is 4.79 Å². The van der Waals surface area contributed by atoms with Gasteiger partial charge in [0.05, 0.1) is 5.56 Å². The molecule has 1 saturated carbocycles. The zero-order chi connectivity index (χ0) is 18.7. The highest BCUT2D eigenvalue weighted by atomic mass is 16.2. The maximum Gasteiger partial charge on any atom is 0.317 e. The van der Waals surface area contributed by atoms with Crippen molar-refractivity contribution in [1.29, 1.82) is 5.26 Å². The lowest BCUT2D eigenvalue weighted by atomic mass is 9.68. The molecule has 6 nitrogen and oxygen atoms in total. The van der Waals surface area contributed by atoms with Gasteiger partial charge in [-0.05, 0) is 42.7 Å². The van der Waals surface area contributed by atoms with Gasteiger partial charge in [-0.3, -0.25) is 0 Å². The van der Waals surface area contributed by atoms with Crippen molar-refractivity contribution >= 4 is 11.8 Å². The molecule has 0 radical (unpaired) electrons. The summed E-state index contributed by atoms with van der Waals surface area (Å²) in [5.74, 6) is 1.49. The second-order valence-corrected chi connectivity index (χ2v) is 8.30. The predicted octanol–water partition coefficient (Wildman–Crippen LogP) is 3.00. The van der Waals surface area contributed by atoms with E-state index < -0.39 is 0 Å². The summed E-state index contributed by atoms with van der Waals surface area (Å²) in [6, 6.07) is 6.10. The molecule has 2 aliphatic rings. The number of anilines is 1. The summed E-state index contributed by atoms with van der Waals surface area (Å²) in [6.07, 6.45) is 4.89. The molecule has 1 N–H and O–H groups in total. The van der Waals surface area contributed by atoms with E-state index in [4.69, 9.17) is 5.26 Å². The molecular formula is C20H29N5O. The van der Waals surface area contributed by atoms with E-state index in [1.807, 2.05) is 11.0 Å². The van der Waals surface area contributed by atoms with Gasteiger partial charge in [-0.1, -0.05) is 20.8 Å². The van der Waals surface area contributed by atoms with Gasteiger partial charge in [0, 0.05) is 38.4 Å². The first-order chi connectivity index (χ1) is 12.4. The number of nitriles is 1. The zero-order valence-corrected chi connectivity index (χ0v) is 16.0. The summed E-state index contributed by atoms with van der Waals surface area (Å²) in [5.41, 5.74) is 0.942. The molecule has 2 fully saturated rings. The van der Waals surface area contributed by atoms with Gasteiger partial charge in [0.1, 0.15) is 11.9 Å². The number of hydrogen-bond donors (Lipinski definition) is 1. The molecule has 6 heteroatoms. The van der Waals surface area contributed by atoms with Crippen molar-refractivity contribution in [2.75, 3.05) is 31.1 Å². The van der Waals surface area contributed by atoms with Crippen LogP contribution < -0.4 is 10.2 Å². The van der Waals surface area contributed by atoms with Crippen LogP contribution in [0.2, 0.25) is 0 Å². The molecule has 0 spiro atoms. The zero-order valence-electron chi connectivity index (χ0n) is 16.0. The number of rotatable bonds is 2. The summed E-state index contributed by atoms with van der Waals surface area (Å²) < 4.78 is 0. The van der Waals surface area contributed by atoms with Crippen molar-refractivity contribution in [2.24, 2.45) is 11.3 Å². The Morgan fingerprint density at radius 1 is 1.31 bits per heavy atom. The van der Waals surface area contributed by atoms with Crippen molar-refractivity contribution in [3.05, 3.63) is 23.9 Å². The molecule has 1 aliphatic carbocycles. The first-order valence-electron chi connectivity index (χ1n) is 9.55. The fraction of sp³-hybridized carbons (Fsp3) is 0.650. The Hall–Kier alpha value is -2.29. The Morgan fingerprint density at radius 2 is 2.04 bits per heavy atom. The van der Waals surface area contributed by atoms with Crippen LogP contribution in [0.15, 0.2) is 18.3 Å². The SMILES string of the molecule is CC1CC(NC(=O)N2CCN(c3ccc(C#N)cn3)CC2)CCC1(C)C. The van der Waals surface area contributed by atoms with Crippen LogP contribution in [-0.4, -0.2) is 48.1 Å². The van der Waals surface area contributed by atoms with E-state index in [1.165, 1.54) is 0 Å². The van der Waals surface area contributed by atoms with E-state index in [9.17, 15) is 4.79 Å². The fourth-order valence-electron chi connectivity index (χ4n) is 3.83. The quantitative estimate of drug-likeness (QED) is 0.885. The number of urea groups is 1. The number of carbonyl (C=O) groups excluding carboxylic acids is 1. The topological polar surface area (TPSA) is 72.3 Å². The number of piperazine rings is 1. The average molecular weight is 355 g/mol. The lowest BCUT2D eigenvalue weighted by Crippen LogP contribution is -2.54. The highest BCUT2D eigenvalue weighted by molar-refractivity contribution is 5.75. The number of pyridine rings is 1. The molecule has 1 aromatic heterocycles. The third kappa shape index (κ3) is 4.09. The molecule has 140 valence electrons. The van der Waals surface area contributed by atoms with E-state index in [2.05, 4.69) is 42.0 Å². The highest BCUT2D eigenvalue weighted by Gasteiger charge is 2.34. The molecule has 2 unspecified atom stereocenters. The van der Waals surface area contributed by atoms with Crippen LogP contribution in [0, 0.1) is 22.7 Å². The third-order valence-corrected chi connectivity index (χ3v) is 6.20. The van der Waals surface area contributed by atoms with Crippen LogP contribution in [-0.2, 0) is 0 Å². The number of nitrogens with one attached hydrogen (secondary N) is 1. The minimum absolute atomic E-state index is 0.0642. The molecular weight excluding hydrogens is 326 g/mol. The summed E-state index contributed by atoms with van der Waals surface area (Å²) in [5, 5.41) is 12.1. The molecule has 0 bridgehead atoms. The molecule has 1 aliphatic heterocycles. The monoisotopic (exact) mass is 355 g/mol. The molecule has 2 heterocycles. The molecule has 1 aromatic rings. The van der Waals surface area contributed by atoms with Gasteiger partial charge in [-0.15, -0.1) is 0 Å². The molecule has 2 atom stereocenters. The molecule has 1 saturated heterocycles. The van der Waals surface area contributed by atoms with Crippen LogP contribution >= 0.6 is 0 Å². The Balaban J connectivity index is 1.48. The van der Waals surface area contributed by atoms with Crippen molar-refractivity contribution in [3.63, 3.8) is 0 Å². The van der Waals surface area contributed by atoms with Crippen molar-refractivity contribution in [2.45, 2.75) is 46.1 Å². The van der Waals surface area contributed by atoms with Gasteiger partial charge in [0.25, 0.3) is 0 Å². The standard InChI is InChI=1S/C20H29N5O/c1-15-12-17(6-7-20(15,2)3)23-19(26)25-10-8-24(9-11-25)18-5-4-16(13-21)14-22-18/h4-5,14-15,17H,6-12H2,1-3H3,(H,23,26). The minimum atomic E-state index is 0.0642. The van der Waals surface area contributed by atoms with Crippen LogP contribution in [0.4, 0.5) is 10.6 Å². The van der Waals surface area contributed by atoms with Gasteiger partial charge in [-0.2, -0.15) is 5.26 Å². The van der Waals surface area contributed by atoms with E-state index in [0.717, 1.165) is 38.2 Å². The Bertz CT molecular complexity index is 670. The van der Waals surface area contributed by atoms with Crippen LogP contribution in [0.3, 0.4) is 0 Å². The van der Waals surface area contributed by atoms with E-state index in [0.29, 0.717) is 36.0 Å². The summed E-state index contributed by atoms with van der Waals surface area (Å²) in [6.45, 7) is 9.86. The average Bonchev–Trinajstić information content (AvgIpc) is 2.65. The summed E-state index contributed by atoms with van der Waals surface area (Å²) in [4.78, 5) is 21.0. The van der Waals surface area contributed by atoms with Gasteiger partial charge >= 0.3 is 6.03 Å². The highest BCUT2D eigenvalue weighted by Crippen LogP contribution is 2.40. The second kappa shape index (κ2) is 7.53. The number of amides is 2. The largest absolute Gasteiger partial charge is 0.353 e. The Labute approximate surface area is 156 Å². The van der Waals surface area contributed by atoms with Crippen LogP contribution in [0.1, 0.15) is 45.6 Å². The summed E-state index contributed by atoms with van der Waals surface area (Å²) >= 11 is 0. The second-order valence-electron chi connectivity index (χ2n) is 8.30. The van der Waals surface area contributed by atoms with Gasteiger partial charge in [-0.25, -0.2) is 9.78 Å². The molecule has 3 rings (SSSR count). The number of aromatic nitrogens is 1. The Morgan fingerprint density at radius 3 is 2.62 bits per heavy atom. The number of hydrogen-bond acceptors (Lipinski definition) is 4. The lowest BCUT2D eigenvalue weighted by molar-refractivity contribution is 0.122. The number of nitrogens with zero attached hydrogens (tertiary/aromatic N) is 4. The van der Waals surface area contributed by atoms with Gasteiger partial charge in [0.2, 0.25) is 0 Å². The van der Waals surface area contributed by atoms with Crippen LogP contribution in [0.25, 0.3) is 0 Å². The van der Waals surface area contributed by atoms with Crippen LogP contribution in [0.5, 0.6) is 0 Å². The molecule has 26 heavy (non-hydrogen) atoms. The lowest BCUT2D eigenvalue weighted by Gasteiger charge is -2.42. The van der Waals surface area contributed by atoms with E-state index >= 15 is 0 Å². The van der Waals surface area contributed by atoms with E-state index in [1.54, 1.807) is 12.3 Å². The summed E-state index contributed by atoms with van der Waals surface area (Å²) in [7, 11) is 0. The normalized spacial score (nSPS) is 25.5. The predicted molar refractivity (Wildman–Crippen MR) is 102 cm³/mol. The fourth-order valence-corrected chi connectivity index (χ4v) is 3.83. The minimum Gasteiger partial charge on any atom is -0.353 e. The van der Waals surface area contributed by atoms with Crippen molar-refractivity contribution in [1.82, 2.24) is 15.2 Å². The molecule has 0 aromatic carbocycles. The smallest absolute Gasteiger partial charge is 0.317 e. The van der Waals surface area contributed by atoms with E-state index in [-0.39, 0.29) is 6.03 Å². The third-order valence-electron chi connectivity index (χ3n) is 6.20. The van der Waals surface area contributed by atoms with Gasteiger partial charge in [0.15, 0.2) is 0 Å². The van der Waals surface area contributed by atoms with Gasteiger partial charge < -0.3 is 15.1 Å².